The van der Waals surface area contributed by atoms with E-state index in [1.165, 1.54) is 71.7 Å². The van der Waals surface area contributed by atoms with Crippen LogP contribution < -0.4 is 0 Å². The molecule has 2 heteroatoms. The van der Waals surface area contributed by atoms with Gasteiger partial charge in [0.25, 0.3) is 0 Å². The van der Waals surface area contributed by atoms with Crippen molar-refractivity contribution in [3.63, 3.8) is 0 Å². The van der Waals surface area contributed by atoms with Crippen molar-refractivity contribution in [1.82, 2.24) is 9.13 Å². The second kappa shape index (κ2) is 10.00. The van der Waals surface area contributed by atoms with Crippen LogP contribution in [-0.4, -0.2) is 9.13 Å². The van der Waals surface area contributed by atoms with E-state index in [-0.39, 0.29) is 0 Å². The van der Waals surface area contributed by atoms with Crippen LogP contribution in [0, 0.1) is 0 Å². The van der Waals surface area contributed by atoms with Crippen molar-refractivity contribution in [2.45, 2.75) is 12.3 Å². The Hall–Kier alpha value is -5.60. The Morgan fingerprint density at radius 1 is 0.455 bits per heavy atom. The standard InChI is InChI=1S/C42H30N2/c1-2-11-29(12-3-1)31-13-10-14-34(27-31)44-41-20-9-6-17-37(41)38-28-32(23-26-42(38)44)30-21-24-33(25-22-30)43-39-18-7-4-15-35(39)36-16-5-8-19-40(36)43/h1-26,28,31H,27H2. The van der Waals surface area contributed by atoms with E-state index in [1.807, 2.05) is 0 Å². The molecule has 0 fully saturated rings. The third-order valence-corrected chi connectivity index (χ3v) is 9.29. The van der Waals surface area contributed by atoms with Crippen LogP contribution in [0.4, 0.5) is 0 Å². The van der Waals surface area contributed by atoms with E-state index in [9.17, 15) is 0 Å². The lowest BCUT2D eigenvalue weighted by atomic mass is 9.91. The van der Waals surface area contributed by atoms with Gasteiger partial charge in [-0.2, -0.15) is 0 Å². The molecule has 44 heavy (non-hydrogen) atoms. The van der Waals surface area contributed by atoms with Gasteiger partial charge in [0.1, 0.15) is 0 Å². The summed E-state index contributed by atoms with van der Waals surface area (Å²) in [7, 11) is 0. The molecule has 8 aromatic rings. The minimum absolute atomic E-state index is 0.375. The topological polar surface area (TPSA) is 9.86 Å². The molecule has 0 aliphatic heterocycles. The second-order valence-corrected chi connectivity index (χ2v) is 11.8. The Bertz CT molecular complexity index is 2350. The van der Waals surface area contributed by atoms with Crippen molar-refractivity contribution in [2.24, 2.45) is 0 Å². The molecule has 9 rings (SSSR count). The first-order chi connectivity index (χ1) is 21.8. The number of rotatable bonds is 4. The molecule has 1 aliphatic carbocycles. The van der Waals surface area contributed by atoms with Crippen molar-refractivity contribution in [2.75, 3.05) is 0 Å². The molecule has 2 heterocycles. The van der Waals surface area contributed by atoms with Crippen molar-refractivity contribution >= 4 is 49.3 Å². The Morgan fingerprint density at radius 3 is 1.68 bits per heavy atom. The number of para-hydroxylation sites is 3. The molecular weight excluding hydrogens is 532 g/mol. The normalized spacial score (nSPS) is 15.0. The van der Waals surface area contributed by atoms with Gasteiger partial charge in [-0.3, -0.25) is 0 Å². The zero-order valence-electron chi connectivity index (χ0n) is 24.3. The van der Waals surface area contributed by atoms with E-state index in [0.717, 1.165) is 6.42 Å². The van der Waals surface area contributed by atoms with Crippen LogP contribution in [0.1, 0.15) is 17.9 Å². The van der Waals surface area contributed by atoms with Crippen molar-refractivity contribution in [3.8, 4) is 16.8 Å². The van der Waals surface area contributed by atoms with Crippen LogP contribution in [0.2, 0.25) is 0 Å². The summed E-state index contributed by atoms with van der Waals surface area (Å²) in [6.07, 6.45) is 7.81. The predicted octanol–water partition coefficient (Wildman–Crippen LogP) is 11.1. The predicted molar refractivity (Wildman–Crippen MR) is 186 cm³/mol. The number of nitrogens with zero attached hydrogens (tertiary/aromatic N) is 2. The lowest BCUT2D eigenvalue weighted by Crippen LogP contribution is -2.05. The van der Waals surface area contributed by atoms with Crippen LogP contribution in [0.3, 0.4) is 0 Å². The Labute approximate surface area is 256 Å². The van der Waals surface area contributed by atoms with Gasteiger partial charge >= 0.3 is 0 Å². The Kier molecular flexibility index (Phi) is 5.67. The average Bonchev–Trinajstić information content (AvgIpc) is 3.62. The van der Waals surface area contributed by atoms with Crippen LogP contribution in [0.5, 0.6) is 0 Å². The van der Waals surface area contributed by atoms with Crippen LogP contribution in [0.15, 0.2) is 164 Å². The van der Waals surface area contributed by atoms with Crippen molar-refractivity contribution < 1.29 is 0 Å². The Balaban J connectivity index is 1.13. The number of fused-ring (bicyclic) bond motifs is 6. The smallest absolute Gasteiger partial charge is 0.0541 e. The fourth-order valence-electron chi connectivity index (χ4n) is 7.22. The first-order valence-corrected chi connectivity index (χ1v) is 15.4. The highest BCUT2D eigenvalue weighted by Crippen LogP contribution is 2.39. The zero-order valence-corrected chi connectivity index (χ0v) is 24.3. The van der Waals surface area contributed by atoms with E-state index < -0.39 is 0 Å². The van der Waals surface area contributed by atoms with Gasteiger partial charge < -0.3 is 9.13 Å². The van der Waals surface area contributed by atoms with Gasteiger partial charge in [-0.05, 0) is 71.7 Å². The summed E-state index contributed by atoms with van der Waals surface area (Å²) in [6, 6.07) is 53.0. The molecule has 2 aromatic heterocycles. The lowest BCUT2D eigenvalue weighted by Gasteiger charge is -2.21. The summed E-state index contributed by atoms with van der Waals surface area (Å²) in [6.45, 7) is 0. The van der Waals surface area contributed by atoms with E-state index in [0.29, 0.717) is 5.92 Å². The van der Waals surface area contributed by atoms with Crippen molar-refractivity contribution in [1.29, 1.82) is 0 Å². The fourth-order valence-corrected chi connectivity index (χ4v) is 7.22. The highest BCUT2D eigenvalue weighted by Gasteiger charge is 2.19. The van der Waals surface area contributed by atoms with E-state index in [2.05, 4.69) is 173 Å². The third-order valence-electron chi connectivity index (χ3n) is 9.29. The van der Waals surface area contributed by atoms with Gasteiger partial charge in [0.05, 0.1) is 22.1 Å². The largest absolute Gasteiger partial charge is 0.313 e. The maximum absolute atomic E-state index is 2.47. The molecule has 6 aromatic carbocycles. The summed E-state index contributed by atoms with van der Waals surface area (Å²) < 4.78 is 4.85. The number of aromatic nitrogens is 2. The molecule has 1 atom stereocenters. The fraction of sp³-hybridized carbons (Fsp3) is 0.0476. The van der Waals surface area contributed by atoms with Crippen LogP contribution in [0.25, 0.3) is 66.1 Å². The maximum atomic E-state index is 2.47. The molecule has 0 saturated heterocycles. The number of benzene rings is 6. The zero-order chi connectivity index (χ0) is 29.0. The number of hydrogen-bond acceptors (Lipinski definition) is 0. The van der Waals surface area contributed by atoms with Crippen LogP contribution >= 0.6 is 0 Å². The molecular formula is C42H30N2. The monoisotopic (exact) mass is 562 g/mol. The summed E-state index contributed by atoms with van der Waals surface area (Å²) in [4.78, 5) is 0. The Morgan fingerprint density at radius 2 is 1.00 bits per heavy atom. The van der Waals surface area contributed by atoms with Gasteiger partial charge in [0.2, 0.25) is 0 Å². The minimum Gasteiger partial charge on any atom is -0.313 e. The number of hydrogen-bond donors (Lipinski definition) is 0. The molecule has 1 aliphatic rings. The van der Waals surface area contributed by atoms with Crippen molar-refractivity contribution in [3.05, 3.63) is 169 Å². The third kappa shape index (κ3) is 3.88. The van der Waals surface area contributed by atoms with Crippen LogP contribution in [-0.2, 0) is 0 Å². The van der Waals surface area contributed by atoms with Gasteiger partial charge in [-0.25, -0.2) is 0 Å². The molecule has 0 spiro atoms. The van der Waals surface area contributed by atoms with Gasteiger partial charge in [0.15, 0.2) is 0 Å². The summed E-state index contributed by atoms with van der Waals surface area (Å²) in [5, 5.41) is 5.15. The van der Waals surface area contributed by atoms with Gasteiger partial charge in [-0.1, -0.05) is 115 Å². The molecule has 0 saturated carbocycles. The van der Waals surface area contributed by atoms with Gasteiger partial charge in [-0.15, -0.1) is 0 Å². The van der Waals surface area contributed by atoms with Gasteiger partial charge in [0, 0.05) is 38.8 Å². The molecule has 2 nitrogen and oxygen atoms in total. The molecule has 0 radical (unpaired) electrons. The maximum Gasteiger partial charge on any atom is 0.0541 e. The molecule has 0 N–H and O–H groups in total. The molecule has 1 unspecified atom stereocenters. The van der Waals surface area contributed by atoms with E-state index in [1.54, 1.807) is 0 Å². The molecule has 208 valence electrons. The SMILES string of the molecule is C1=CC(c2ccccc2)CC(n2c3ccccc3c3cc(-c4ccc(-n5c6ccccc6c6ccccc65)cc4)ccc32)=C1. The van der Waals surface area contributed by atoms with E-state index in [4.69, 9.17) is 0 Å². The summed E-state index contributed by atoms with van der Waals surface area (Å²) >= 11 is 0. The average molecular weight is 563 g/mol. The highest BCUT2D eigenvalue weighted by atomic mass is 15.0. The second-order valence-electron chi connectivity index (χ2n) is 11.8. The first kappa shape index (κ1) is 24.9. The lowest BCUT2D eigenvalue weighted by molar-refractivity contribution is 0.837. The first-order valence-electron chi connectivity index (χ1n) is 15.4. The summed E-state index contributed by atoms with van der Waals surface area (Å²) in [5.74, 6) is 0.375. The minimum atomic E-state index is 0.375. The molecule has 0 bridgehead atoms. The highest BCUT2D eigenvalue weighted by molar-refractivity contribution is 6.11. The summed E-state index contributed by atoms with van der Waals surface area (Å²) in [5.41, 5.74) is 11.3. The number of allylic oxidation sites excluding steroid dienone is 4. The quantitative estimate of drug-likeness (QED) is 0.202. The van der Waals surface area contributed by atoms with E-state index >= 15 is 0 Å². The molecule has 0 amide bonds.